The van der Waals surface area contributed by atoms with Gasteiger partial charge in [0.25, 0.3) is 6.43 Å². The SMILES string of the molecule is CN=CC(=CN)c1cc2c(cc1C(F)F)N(c1cccc3c1N[C@H](C)CC(=O)N3)C[C@@H](C)C2. The second-order valence-electron chi connectivity index (χ2n) is 8.80. The van der Waals surface area contributed by atoms with E-state index in [9.17, 15) is 13.6 Å². The van der Waals surface area contributed by atoms with E-state index in [-0.39, 0.29) is 17.5 Å². The molecule has 33 heavy (non-hydrogen) atoms. The number of fused-ring (bicyclic) bond motifs is 2. The van der Waals surface area contributed by atoms with Gasteiger partial charge in [-0.3, -0.25) is 9.79 Å². The summed E-state index contributed by atoms with van der Waals surface area (Å²) in [7, 11) is 1.58. The molecule has 0 saturated heterocycles. The van der Waals surface area contributed by atoms with Crippen LogP contribution in [0.5, 0.6) is 0 Å². The number of hydrogen-bond donors (Lipinski definition) is 3. The molecule has 1 amide bonds. The van der Waals surface area contributed by atoms with Crippen LogP contribution in [-0.4, -0.2) is 31.8 Å². The number of nitrogens with two attached hydrogens (primary N) is 1. The number of aliphatic imine (C=N–C) groups is 1. The summed E-state index contributed by atoms with van der Waals surface area (Å²) in [5.41, 5.74) is 10.6. The number of rotatable bonds is 4. The summed E-state index contributed by atoms with van der Waals surface area (Å²) in [6.07, 6.45) is 1.27. The Balaban J connectivity index is 1.89. The van der Waals surface area contributed by atoms with Crippen molar-refractivity contribution < 1.29 is 13.6 Å². The highest BCUT2D eigenvalue weighted by atomic mass is 19.3. The van der Waals surface area contributed by atoms with Crippen LogP contribution in [0, 0.1) is 5.92 Å². The van der Waals surface area contributed by atoms with Crippen molar-refractivity contribution in [2.75, 3.05) is 29.1 Å². The molecular formula is C25H29F2N5O. The zero-order chi connectivity index (χ0) is 23.7. The first-order chi connectivity index (χ1) is 15.8. The molecule has 2 aliphatic rings. The highest BCUT2D eigenvalue weighted by Gasteiger charge is 2.30. The summed E-state index contributed by atoms with van der Waals surface area (Å²) in [4.78, 5) is 18.3. The molecular weight excluding hydrogens is 424 g/mol. The molecule has 2 heterocycles. The minimum absolute atomic E-state index is 0.0540. The van der Waals surface area contributed by atoms with Crippen LogP contribution >= 0.6 is 0 Å². The molecule has 2 aliphatic heterocycles. The lowest BCUT2D eigenvalue weighted by Gasteiger charge is -2.37. The van der Waals surface area contributed by atoms with Crippen LogP contribution < -0.4 is 21.3 Å². The molecule has 2 aromatic carbocycles. The van der Waals surface area contributed by atoms with Crippen LogP contribution in [0.2, 0.25) is 0 Å². The van der Waals surface area contributed by atoms with E-state index in [4.69, 9.17) is 5.73 Å². The van der Waals surface area contributed by atoms with Gasteiger partial charge in [-0.05, 0) is 54.7 Å². The minimum Gasteiger partial charge on any atom is -0.404 e. The topological polar surface area (TPSA) is 82.8 Å². The van der Waals surface area contributed by atoms with Gasteiger partial charge in [0.15, 0.2) is 0 Å². The number of nitrogens with one attached hydrogen (secondary N) is 2. The van der Waals surface area contributed by atoms with E-state index in [0.717, 1.165) is 29.0 Å². The largest absolute Gasteiger partial charge is 0.404 e. The van der Waals surface area contributed by atoms with Crippen LogP contribution in [-0.2, 0) is 11.2 Å². The number of amides is 1. The predicted molar refractivity (Wildman–Crippen MR) is 131 cm³/mol. The van der Waals surface area contributed by atoms with Gasteiger partial charge in [-0.15, -0.1) is 0 Å². The zero-order valence-electron chi connectivity index (χ0n) is 19.0. The van der Waals surface area contributed by atoms with Crippen LogP contribution in [0.25, 0.3) is 5.57 Å². The summed E-state index contributed by atoms with van der Waals surface area (Å²) < 4.78 is 28.3. The van der Waals surface area contributed by atoms with E-state index in [1.165, 1.54) is 12.4 Å². The highest BCUT2D eigenvalue weighted by molar-refractivity contribution is 6.10. The number of carbonyl (C=O) groups excluding carboxylic acids is 1. The maximum Gasteiger partial charge on any atom is 0.264 e. The lowest BCUT2D eigenvalue weighted by molar-refractivity contribution is -0.116. The molecule has 174 valence electrons. The van der Waals surface area contributed by atoms with Crippen molar-refractivity contribution in [2.24, 2.45) is 16.6 Å². The first-order valence-electron chi connectivity index (χ1n) is 11.1. The van der Waals surface area contributed by atoms with Crippen molar-refractivity contribution in [3.05, 3.63) is 53.2 Å². The standard InChI is InChI=1S/C25H29F2N5O/c1-14-7-16-9-18(17(11-28)12-29-3)19(25(26)27)10-22(16)32(13-14)21-6-4-5-20-24(21)30-15(2)8-23(33)31-20/h4-6,9-12,14-15,25,30H,7-8,13,28H2,1-3H3,(H,31,33)/t14-,15+/m0/s1. The maximum atomic E-state index is 14.2. The Morgan fingerprint density at radius 3 is 2.73 bits per heavy atom. The Hall–Kier alpha value is -3.42. The number of allylic oxidation sites excluding steroid dienone is 1. The Labute approximate surface area is 192 Å². The highest BCUT2D eigenvalue weighted by Crippen LogP contribution is 2.45. The van der Waals surface area contributed by atoms with E-state index < -0.39 is 6.43 Å². The smallest absolute Gasteiger partial charge is 0.264 e. The fourth-order valence-electron chi connectivity index (χ4n) is 4.71. The molecule has 6 nitrogen and oxygen atoms in total. The van der Waals surface area contributed by atoms with Crippen molar-refractivity contribution in [1.82, 2.24) is 0 Å². The zero-order valence-corrected chi connectivity index (χ0v) is 19.0. The van der Waals surface area contributed by atoms with Gasteiger partial charge in [0.05, 0.1) is 17.1 Å². The molecule has 2 aromatic rings. The van der Waals surface area contributed by atoms with E-state index in [2.05, 4.69) is 27.4 Å². The van der Waals surface area contributed by atoms with E-state index in [0.29, 0.717) is 35.7 Å². The molecule has 0 bridgehead atoms. The van der Waals surface area contributed by atoms with Gasteiger partial charge < -0.3 is 21.3 Å². The number of anilines is 4. The van der Waals surface area contributed by atoms with Crippen molar-refractivity contribution in [1.29, 1.82) is 0 Å². The third kappa shape index (κ3) is 4.42. The quantitative estimate of drug-likeness (QED) is 0.563. The number of carbonyl (C=O) groups is 1. The third-order valence-electron chi connectivity index (χ3n) is 6.09. The molecule has 0 spiro atoms. The lowest BCUT2D eigenvalue weighted by atomic mass is 9.88. The first kappa shape index (κ1) is 22.8. The van der Waals surface area contributed by atoms with Gasteiger partial charge >= 0.3 is 0 Å². The van der Waals surface area contributed by atoms with Crippen molar-refractivity contribution >= 4 is 40.4 Å². The second kappa shape index (κ2) is 9.21. The summed E-state index contributed by atoms with van der Waals surface area (Å²) in [5.74, 6) is 0.239. The van der Waals surface area contributed by atoms with Crippen molar-refractivity contribution in [3.8, 4) is 0 Å². The number of para-hydroxylation sites is 1. The van der Waals surface area contributed by atoms with Crippen molar-refractivity contribution in [3.63, 3.8) is 0 Å². The van der Waals surface area contributed by atoms with Gasteiger partial charge in [0.2, 0.25) is 5.91 Å². The predicted octanol–water partition coefficient (Wildman–Crippen LogP) is 5.10. The van der Waals surface area contributed by atoms with Gasteiger partial charge in [-0.2, -0.15) is 0 Å². The average Bonchev–Trinajstić information content (AvgIpc) is 2.91. The lowest BCUT2D eigenvalue weighted by Crippen LogP contribution is -2.31. The molecule has 8 heteroatoms. The van der Waals surface area contributed by atoms with Gasteiger partial charge in [0, 0.05) is 55.3 Å². The monoisotopic (exact) mass is 453 g/mol. The van der Waals surface area contributed by atoms with Crippen LogP contribution in [0.3, 0.4) is 0 Å². The molecule has 4 rings (SSSR count). The number of nitrogens with zero attached hydrogens (tertiary/aromatic N) is 2. The molecule has 0 aliphatic carbocycles. The molecule has 0 saturated carbocycles. The van der Waals surface area contributed by atoms with Gasteiger partial charge in [-0.1, -0.05) is 13.0 Å². The average molecular weight is 454 g/mol. The Kier molecular flexibility index (Phi) is 6.35. The van der Waals surface area contributed by atoms with Crippen LogP contribution in [0.15, 0.2) is 41.5 Å². The fraction of sp³-hybridized carbons (Fsp3) is 0.360. The summed E-state index contributed by atoms with van der Waals surface area (Å²) in [6.45, 7) is 4.77. The van der Waals surface area contributed by atoms with Crippen LogP contribution in [0.4, 0.5) is 31.5 Å². The molecule has 0 fully saturated rings. The number of hydrogen-bond acceptors (Lipinski definition) is 5. The Morgan fingerprint density at radius 1 is 1.24 bits per heavy atom. The first-order valence-corrected chi connectivity index (χ1v) is 11.1. The van der Waals surface area contributed by atoms with Gasteiger partial charge in [-0.25, -0.2) is 8.78 Å². The second-order valence-corrected chi connectivity index (χ2v) is 8.80. The molecule has 0 radical (unpaired) electrons. The molecule has 0 aromatic heterocycles. The van der Waals surface area contributed by atoms with E-state index >= 15 is 0 Å². The fourth-order valence-corrected chi connectivity index (χ4v) is 4.71. The molecule has 2 atom stereocenters. The summed E-state index contributed by atoms with van der Waals surface area (Å²) in [5, 5.41) is 6.40. The maximum absolute atomic E-state index is 14.2. The van der Waals surface area contributed by atoms with E-state index in [1.807, 2.05) is 31.2 Å². The summed E-state index contributed by atoms with van der Waals surface area (Å²) in [6, 6.07) is 9.03. The Morgan fingerprint density at radius 2 is 2.03 bits per heavy atom. The molecule has 4 N–H and O–H groups in total. The summed E-state index contributed by atoms with van der Waals surface area (Å²) >= 11 is 0. The Bertz CT molecular complexity index is 1130. The number of alkyl halides is 2. The van der Waals surface area contributed by atoms with Crippen molar-refractivity contribution in [2.45, 2.75) is 39.2 Å². The minimum atomic E-state index is -2.67. The number of halogens is 2. The van der Waals surface area contributed by atoms with E-state index in [1.54, 1.807) is 13.1 Å². The molecule has 0 unspecified atom stereocenters. The van der Waals surface area contributed by atoms with Crippen LogP contribution in [0.1, 0.15) is 43.4 Å². The number of benzene rings is 2. The normalized spacial score (nSPS) is 20.8. The third-order valence-corrected chi connectivity index (χ3v) is 6.09. The van der Waals surface area contributed by atoms with Gasteiger partial charge in [0.1, 0.15) is 0 Å².